The summed E-state index contributed by atoms with van der Waals surface area (Å²) in [6.07, 6.45) is 5.54. The van der Waals surface area contributed by atoms with Crippen LogP contribution in [0.25, 0.3) is 11.4 Å². The summed E-state index contributed by atoms with van der Waals surface area (Å²) >= 11 is 0. The first kappa shape index (κ1) is 22.6. The lowest BCUT2D eigenvalue weighted by Gasteiger charge is -2.34. The molecule has 0 aliphatic heterocycles. The smallest absolute Gasteiger partial charge is 0.160 e. The van der Waals surface area contributed by atoms with Gasteiger partial charge in [0.1, 0.15) is 0 Å². The summed E-state index contributed by atoms with van der Waals surface area (Å²) in [6.45, 7) is 7.74. The molecule has 168 valence electrons. The molecule has 1 aliphatic carbocycles. The molecule has 1 atom stereocenters. The Morgan fingerprint density at radius 1 is 1.00 bits per heavy atom. The van der Waals surface area contributed by atoms with E-state index in [1.54, 1.807) is 0 Å². The minimum Gasteiger partial charge on any atom is -0.325 e. The second-order valence-electron chi connectivity index (χ2n) is 8.94. The summed E-state index contributed by atoms with van der Waals surface area (Å²) in [4.78, 5) is 12.5. The van der Waals surface area contributed by atoms with Crippen LogP contribution in [0.5, 0.6) is 0 Å². The molecule has 1 heterocycles. The fourth-order valence-electron chi connectivity index (χ4n) is 5.22. The van der Waals surface area contributed by atoms with Crippen LogP contribution in [-0.4, -0.2) is 21.9 Å². The van der Waals surface area contributed by atoms with Crippen LogP contribution >= 0.6 is 0 Å². The number of aromatic nitrogens is 2. The van der Waals surface area contributed by atoms with E-state index in [4.69, 9.17) is 15.7 Å². The zero-order valence-electron chi connectivity index (χ0n) is 20.0. The predicted molar refractivity (Wildman–Crippen MR) is 132 cm³/mol. The maximum atomic E-state index is 6.23. The SMILES string of the molecule is CCc1cccc(CC)c1-c1nc(C)c(CN(C)C2CCCc3ccccc32)c(CN)n1. The number of hydrogen-bond acceptors (Lipinski definition) is 4. The van der Waals surface area contributed by atoms with Gasteiger partial charge < -0.3 is 5.73 Å². The van der Waals surface area contributed by atoms with Gasteiger partial charge in [0.05, 0.1) is 5.69 Å². The Morgan fingerprint density at radius 2 is 1.72 bits per heavy atom. The molecule has 1 aliphatic rings. The minimum atomic E-state index is 0.427. The first-order valence-electron chi connectivity index (χ1n) is 12.0. The average molecular weight is 429 g/mol. The Bertz CT molecular complexity index is 1070. The van der Waals surface area contributed by atoms with E-state index in [1.807, 2.05) is 0 Å². The number of benzene rings is 2. The van der Waals surface area contributed by atoms with Crippen molar-refractivity contribution in [1.82, 2.24) is 14.9 Å². The molecule has 4 heteroatoms. The van der Waals surface area contributed by atoms with Gasteiger partial charge in [-0.15, -0.1) is 0 Å². The van der Waals surface area contributed by atoms with Gasteiger partial charge in [-0.05, 0) is 68.3 Å². The lowest BCUT2D eigenvalue weighted by molar-refractivity contribution is 0.212. The van der Waals surface area contributed by atoms with E-state index in [-0.39, 0.29) is 0 Å². The van der Waals surface area contributed by atoms with Gasteiger partial charge in [0.15, 0.2) is 5.82 Å². The fraction of sp³-hybridized carbons (Fsp3) is 0.429. The third kappa shape index (κ3) is 4.35. The normalized spacial score (nSPS) is 15.8. The molecule has 0 amide bonds. The zero-order chi connectivity index (χ0) is 22.7. The van der Waals surface area contributed by atoms with Gasteiger partial charge in [-0.3, -0.25) is 4.90 Å². The van der Waals surface area contributed by atoms with E-state index in [0.29, 0.717) is 12.6 Å². The van der Waals surface area contributed by atoms with Crippen molar-refractivity contribution in [2.75, 3.05) is 7.05 Å². The van der Waals surface area contributed by atoms with E-state index in [0.717, 1.165) is 36.6 Å². The molecule has 4 nitrogen and oxygen atoms in total. The van der Waals surface area contributed by atoms with Crippen LogP contribution < -0.4 is 5.73 Å². The number of rotatable bonds is 7. The molecule has 1 unspecified atom stereocenters. The van der Waals surface area contributed by atoms with E-state index < -0.39 is 0 Å². The molecule has 0 fully saturated rings. The molecule has 0 radical (unpaired) electrons. The molecule has 2 aromatic carbocycles. The topological polar surface area (TPSA) is 55.0 Å². The number of nitrogens with zero attached hydrogens (tertiary/aromatic N) is 3. The number of nitrogens with two attached hydrogens (primary N) is 1. The summed E-state index contributed by atoms with van der Waals surface area (Å²) in [6, 6.07) is 15.8. The van der Waals surface area contributed by atoms with Crippen LogP contribution in [0.1, 0.15) is 71.9 Å². The van der Waals surface area contributed by atoms with Crippen molar-refractivity contribution in [3.05, 3.63) is 81.7 Å². The van der Waals surface area contributed by atoms with Crippen LogP contribution in [0.3, 0.4) is 0 Å². The third-order valence-electron chi connectivity index (χ3n) is 6.99. The quantitative estimate of drug-likeness (QED) is 0.536. The van der Waals surface area contributed by atoms with Crippen molar-refractivity contribution in [3.8, 4) is 11.4 Å². The molecule has 0 spiro atoms. The number of hydrogen-bond donors (Lipinski definition) is 1. The van der Waals surface area contributed by atoms with Crippen molar-refractivity contribution < 1.29 is 0 Å². The summed E-state index contributed by atoms with van der Waals surface area (Å²) < 4.78 is 0. The van der Waals surface area contributed by atoms with Crippen molar-refractivity contribution >= 4 is 0 Å². The molecule has 0 bridgehead atoms. The Morgan fingerprint density at radius 3 is 2.41 bits per heavy atom. The second-order valence-corrected chi connectivity index (χ2v) is 8.94. The van der Waals surface area contributed by atoms with Crippen LogP contribution in [0.15, 0.2) is 42.5 Å². The summed E-state index contributed by atoms with van der Waals surface area (Å²) in [5.41, 5.74) is 16.2. The Kier molecular flexibility index (Phi) is 7.02. The highest BCUT2D eigenvalue weighted by molar-refractivity contribution is 5.65. The van der Waals surface area contributed by atoms with Crippen LogP contribution in [0, 0.1) is 6.92 Å². The van der Waals surface area contributed by atoms with Crippen molar-refractivity contribution in [2.24, 2.45) is 5.73 Å². The van der Waals surface area contributed by atoms with E-state index in [9.17, 15) is 0 Å². The molecule has 32 heavy (non-hydrogen) atoms. The molecular formula is C28H36N4. The largest absolute Gasteiger partial charge is 0.325 e. The van der Waals surface area contributed by atoms with Gasteiger partial charge in [0.2, 0.25) is 0 Å². The summed E-state index contributed by atoms with van der Waals surface area (Å²) in [5, 5.41) is 0. The summed E-state index contributed by atoms with van der Waals surface area (Å²) in [7, 11) is 2.22. The van der Waals surface area contributed by atoms with Crippen molar-refractivity contribution in [1.29, 1.82) is 0 Å². The maximum absolute atomic E-state index is 6.23. The van der Waals surface area contributed by atoms with Gasteiger partial charge in [-0.1, -0.05) is 56.3 Å². The zero-order valence-corrected chi connectivity index (χ0v) is 20.0. The van der Waals surface area contributed by atoms with Gasteiger partial charge >= 0.3 is 0 Å². The number of aryl methyl sites for hydroxylation is 4. The van der Waals surface area contributed by atoms with Gasteiger partial charge in [0, 0.05) is 36.0 Å². The van der Waals surface area contributed by atoms with Crippen molar-refractivity contribution in [3.63, 3.8) is 0 Å². The highest BCUT2D eigenvalue weighted by Gasteiger charge is 2.25. The Labute approximate surface area is 192 Å². The first-order chi connectivity index (χ1) is 15.6. The monoisotopic (exact) mass is 428 g/mol. The van der Waals surface area contributed by atoms with E-state index >= 15 is 0 Å². The molecule has 3 aromatic rings. The Hall–Kier alpha value is -2.56. The number of fused-ring (bicyclic) bond motifs is 1. The maximum Gasteiger partial charge on any atom is 0.160 e. The van der Waals surface area contributed by atoms with Gasteiger partial charge in [-0.2, -0.15) is 0 Å². The summed E-state index contributed by atoms with van der Waals surface area (Å²) in [5.74, 6) is 0.826. The van der Waals surface area contributed by atoms with Gasteiger partial charge in [0.25, 0.3) is 0 Å². The van der Waals surface area contributed by atoms with E-state index in [1.165, 1.54) is 52.6 Å². The predicted octanol–water partition coefficient (Wildman–Crippen LogP) is 5.54. The lowest BCUT2D eigenvalue weighted by Crippen LogP contribution is -2.29. The fourth-order valence-corrected chi connectivity index (χ4v) is 5.22. The first-order valence-corrected chi connectivity index (χ1v) is 12.0. The standard InChI is InChI=1S/C28H36N4/c1-5-20-12-9-13-21(6-2)27(20)28-30-19(3)24(25(17-29)31-28)18-32(4)26-16-10-14-22-11-7-8-15-23(22)26/h7-9,11-13,15,26H,5-6,10,14,16-18,29H2,1-4H3. The van der Waals surface area contributed by atoms with Crippen LogP contribution in [0.4, 0.5) is 0 Å². The molecule has 0 saturated carbocycles. The third-order valence-corrected chi connectivity index (χ3v) is 6.99. The molecule has 1 aromatic heterocycles. The highest BCUT2D eigenvalue weighted by Crippen LogP contribution is 2.35. The molecule has 4 rings (SSSR count). The minimum absolute atomic E-state index is 0.427. The second kappa shape index (κ2) is 9.93. The highest BCUT2D eigenvalue weighted by atomic mass is 15.1. The molecular weight excluding hydrogens is 392 g/mol. The lowest BCUT2D eigenvalue weighted by atomic mass is 9.87. The van der Waals surface area contributed by atoms with Gasteiger partial charge in [-0.25, -0.2) is 9.97 Å². The van der Waals surface area contributed by atoms with Crippen LogP contribution in [-0.2, 0) is 32.4 Å². The Balaban J connectivity index is 1.69. The average Bonchev–Trinajstić information content (AvgIpc) is 2.83. The molecule has 2 N–H and O–H groups in total. The molecule has 0 saturated heterocycles. The van der Waals surface area contributed by atoms with Crippen molar-refractivity contribution in [2.45, 2.75) is 72.0 Å². The van der Waals surface area contributed by atoms with Crippen LogP contribution in [0.2, 0.25) is 0 Å². The van der Waals surface area contributed by atoms with E-state index in [2.05, 4.69) is 75.2 Å².